The Morgan fingerprint density at radius 2 is 1.67 bits per heavy atom. The van der Waals surface area contributed by atoms with Gasteiger partial charge in [0, 0.05) is 5.56 Å². The third-order valence-corrected chi connectivity index (χ3v) is 8.25. The molecule has 6 rings (SSSR count). The Bertz CT molecular complexity index is 1780. The topological polar surface area (TPSA) is 71.3 Å². The summed E-state index contributed by atoms with van der Waals surface area (Å²) >= 11 is 1.38. The Morgan fingerprint density at radius 1 is 0.897 bits per heavy atom. The Hall–Kier alpha value is -4.30. The molecule has 1 atom stereocenters. The molecule has 0 saturated heterocycles. The van der Waals surface area contributed by atoms with Gasteiger partial charge in [0.2, 0.25) is 5.75 Å². The lowest BCUT2D eigenvalue weighted by atomic mass is 9.83. The fourth-order valence-electron chi connectivity index (χ4n) is 5.47. The minimum atomic E-state index is -0.276. The Kier molecular flexibility index (Phi) is 6.48. The van der Waals surface area contributed by atoms with E-state index in [9.17, 15) is 4.79 Å². The molecule has 8 heteroatoms. The van der Waals surface area contributed by atoms with Gasteiger partial charge in [0.15, 0.2) is 16.3 Å². The van der Waals surface area contributed by atoms with Gasteiger partial charge in [-0.25, -0.2) is 4.99 Å². The highest BCUT2D eigenvalue weighted by Gasteiger charge is 2.32. The van der Waals surface area contributed by atoms with Crippen LogP contribution in [0, 0.1) is 0 Å². The maximum atomic E-state index is 14.0. The predicted octanol–water partition coefficient (Wildman–Crippen LogP) is 4.35. The average molecular weight is 541 g/mol. The zero-order valence-corrected chi connectivity index (χ0v) is 23.0. The van der Waals surface area contributed by atoms with Crippen LogP contribution >= 0.6 is 11.3 Å². The quantitative estimate of drug-likeness (QED) is 0.364. The first-order valence-electron chi connectivity index (χ1n) is 12.6. The van der Waals surface area contributed by atoms with Crippen LogP contribution in [0.1, 0.15) is 34.7 Å². The van der Waals surface area contributed by atoms with Crippen molar-refractivity contribution in [1.29, 1.82) is 0 Å². The number of thiazole rings is 1. The first kappa shape index (κ1) is 25.0. The van der Waals surface area contributed by atoms with Crippen molar-refractivity contribution in [2.24, 2.45) is 4.99 Å². The molecule has 2 aliphatic rings. The van der Waals surface area contributed by atoms with Gasteiger partial charge in [0.05, 0.1) is 44.7 Å². The monoisotopic (exact) mass is 540 g/mol. The molecular weight excluding hydrogens is 512 g/mol. The van der Waals surface area contributed by atoms with Crippen LogP contribution in [0.15, 0.2) is 76.0 Å². The molecule has 0 amide bonds. The van der Waals surface area contributed by atoms with E-state index in [0.717, 1.165) is 46.6 Å². The lowest BCUT2D eigenvalue weighted by molar-refractivity contribution is 0.324. The number of hydrogen-bond donors (Lipinski definition) is 0. The van der Waals surface area contributed by atoms with Crippen molar-refractivity contribution in [1.82, 2.24) is 4.57 Å². The van der Waals surface area contributed by atoms with Crippen molar-refractivity contribution < 1.29 is 18.9 Å². The van der Waals surface area contributed by atoms with E-state index in [1.165, 1.54) is 16.9 Å². The van der Waals surface area contributed by atoms with Crippen LogP contribution in [0.4, 0.5) is 0 Å². The van der Waals surface area contributed by atoms with Gasteiger partial charge < -0.3 is 18.9 Å². The standard InChI is InChI=1S/C31H28N2O5S/c1-35-21-10-7-9-20(17-21)28-23-13-12-19-8-5-6-11-22(19)27(23)32-31-33(28)30(34)26(39-31)16-18-14-24(36-2)29(38-4)25(15-18)37-3/h5-11,14-17,28H,12-13H2,1-4H3/b26-16+/t28-/m0/s1. The van der Waals surface area contributed by atoms with E-state index >= 15 is 0 Å². The van der Waals surface area contributed by atoms with Gasteiger partial charge in [-0.1, -0.05) is 47.7 Å². The highest BCUT2D eigenvalue weighted by molar-refractivity contribution is 7.07. The van der Waals surface area contributed by atoms with Gasteiger partial charge in [-0.2, -0.15) is 0 Å². The molecule has 0 spiro atoms. The van der Waals surface area contributed by atoms with Crippen molar-refractivity contribution in [2.75, 3.05) is 28.4 Å². The van der Waals surface area contributed by atoms with Crippen LogP contribution < -0.4 is 33.8 Å². The van der Waals surface area contributed by atoms with Crippen molar-refractivity contribution in [3.05, 3.63) is 108 Å². The molecular formula is C31H28N2O5S. The lowest BCUT2D eigenvalue weighted by Crippen LogP contribution is -2.38. The van der Waals surface area contributed by atoms with Gasteiger partial charge in [-0.3, -0.25) is 9.36 Å². The van der Waals surface area contributed by atoms with Gasteiger partial charge in [0.1, 0.15) is 5.75 Å². The molecule has 198 valence electrons. The number of aromatic nitrogens is 1. The lowest BCUT2D eigenvalue weighted by Gasteiger charge is -2.31. The van der Waals surface area contributed by atoms with Crippen LogP contribution in [0.2, 0.25) is 0 Å². The van der Waals surface area contributed by atoms with Crippen LogP contribution in [-0.2, 0) is 6.42 Å². The molecule has 4 aromatic rings. The molecule has 39 heavy (non-hydrogen) atoms. The Balaban J connectivity index is 1.60. The Labute approximate surface area is 229 Å². The van der Waals surface area contributed by atoms with E-state index in [4.69, 9.17) is 23.9 Å². The largest absolute Gasteiger partial charge is 0.497 e. The molecule has 1 aliphatic heterocycles. The molecule has 0 fully saturated rings. The summed E-state index contributed by atoms with van der Waals surface area (Å²) in [6.07, 6.45) is 3.59. The molecule has 0 bridgehead atoms. The molecule has 0 radical (unpaired) electrons. The maximum Gasteiger partial charge on any atom is 0.271 e. The summed E-state index contributed by atoms with van der Waals surface area (Å²) < 4.78 is 24.4. The highest BCUT2D eigenvalue weighted by Crippen LogP contribution is 2.42. The number of aryl methyl sites for hydroxylation is 1. The maximum absolute atomic E-state index is 14.0. The van der Waals surface area contributed by atoms with E-state index in [-0.39, 0.29) is 11.6 Å². The zero-order valence-electron chi connectivity index (χ0n) is 22.2. The second-order valence-electron chi connectivity index (χ2n) is 9.35. The number of nitrogens with zero attached hydrogens (tertiary/aromatic N) is 2. The van der Waals surface area contributed by atoms with Crippen molar-refractivity contribution >= 4 is 23.1 Å². The molecule has 1 aliphatic carbocycles. The third kappa shape index (κ3) is 4.21. The van der Waals surface area contributed by atoms with Crippen LogP contribution in [0.5, 0.6) is 23.0 Å². The predicted molar refractivity (Wildman–Crippen MR) is 152 cm³/mol. The highest BCUT2D eigenvalue weighted by atomic mass is 32.1. The van der Waals surface area contributed by atoms with E-state index in [1.807, 2.05) is 47.0 Å². The molecule has 2 heterocycles. The van der Waals surface area contributed by atoms with Gasteiger partial charge >= 0.3 is 0 Å². The van der Waals surface area contributed by atoms with Crippen molar-refractivity contribution in [3.63, 3.8) is 0 Å². The number of benzene rings is 3. The van der Waals surface area contributed by atoms with Crippen molar-refractivity contribution in [3.8, 4) is 23.0 Å². The number of allylic oxidation sites excluding steroid dienone is 1. The normalized spacial score (nSPS) is 16.1. The number of fused-ring (bicyclic) bond motifs is 3. The number of rotatable bonds is 6. The number of ether oxygens (including phenoxy) is 4. The fraction of sp³-hybridized carbons (Fsp3) is 0.226. The molecule has 0 N–H and O–H groups in total. The second-order valence-corrected chi connectivity index (χ2v) is 10.4. The van der Waals surface area contributed by atoms with Gasteiger partial charge in [-0.15, -0.1) is 0 Å². The van der Waals surface area contributed by atoms with Crippen molar-refractivity contribution in [2.45, 2.75) is 18.9 Å². The van der Waals surface area contributed by atoms with E-state index in [2.05, 4.69) is 24.3 Å². The summed E-state index contributed by atoms with van der Waals surface area (Å²) in [7, 11) is 6.37. The summed E-state index contributed by atoms with van der Waals surface area (Å²) in [4.78, 5) is 19.8. The molecule has 0 unspecified atom stereocenters. The summed E-state index contributed by atoms with van der Waals surface area (Å²) in [5.74, 6) is 2.31. The van der Waals surface area contributed by atoms with E-state index in [1.54, 1.807) is 28.4 Å². The van der Waals surface area contributed by atoms with Crippen LogP contribution in [0.3, 0.4) is 0 Å². The molecule has 3 aromatic carbocycles. The zero-order chi connectivity index (χ0) is 27.1. The fourth-order valence-corrected chi connectivity index (χ4v) is 6.47. The smallest absolute Gasteiger partial charge is 0.271 e. The summed E-state index contributed by atoms with van der Waals surface area (Å²) in [6.45, 7) is 0. The Morgan fingerprint density at radius 3 is 2.38 bits per heavy atom. The third-order valence-electron chi connectivity index (χ3n) is 7.27. The minimum Gasteiger partial charge on any atom is -0.497 e. The summed E-state index contributed by atoms with van der Waals surface area (Å²) in [5.41, 5.74) is 6.19. The molecule has 7 nitrogen and oxygen atoms in total. The SMILES string of the molecule is COc1cccc([C@H]2C3=C(N=c4s/c(=C/c5cc(OC)c(OC)c(OC)c5)c(=O)n42)c2ccccc2CC3)c1. The number of hydrogen-bond acceptors (Lipinski definition) is 7. The van der Waals surface area contributed by atoms with Gasteiger partial charge in [-0.05, 0) is 65.4 Å². The first-order chi connectivity index (χ1) is 19.1. The number of methoxy groups -OCH3 is 4. The van der Waals surface area contributed by atoms with Gasteiger partial charge in [0.25, 0.3) is 5.56 Å². The molecule has 0 saturated carbocycles. The van der Waals surface area contributed by atoms with E-state index in [0.29, 0.717) is 26.6 Å². The van der Waals surface area contributed by atoms with Crippen LogP contribution in [-0.4, -0.2) is 33.0 Å². The minimum absolute atomic E-state index is 0.0919. The second kappa shape index (κ2) is 10.1. The summed E-state index contributed by atoms with van der Waals surface area (Å²) in [6, 6.07) is 19.7. The summed E-state index contributed by atoms with van der Waals surface area (Å²) in [5, 5.41) is 0. The molecule has 1 aromatic heterocycles. The average Bonchev–Trinajstić information content (AvgIpc) is 3.29. The van der Waals surface area contributed by atoms with Crippen LogP contribution in [0.25, 0.3) is 11.8 Å². The first-order valence-corrected chi connectivity index (χ1v) is 13.4. The van der Waals surface area contributed by atoms with E-state index < -0.39 is 0 Å².